The van der Waals surface area contributed by atoms with Crippen molar-refractivity contribution in [2.24, 2.45) is 0 Å². The summed E-state index contributed by atoms with van der Waals surface area (Å²) in [5, 5.41) is 5.80. The third-order valence-electron chi connectivity index (χ3n) is 1.39. The van der Waals surface area contributed by atoms with E-state index in [1.54, 1.807) is 11.3 Å². The molecule has 2 aromatic heterocycles. The molecule has 68 valence electrons. The summed E-state index contributed by atoms with van der Waals surface area (Å²) in [6.45, 7) is 0. The molecule has 0 saturated carbocycles. The Labute approximate surface area is 92.7 Å². The minimum absolute atomic E-state index is 0.472. The molecular formula is C7H5BrN2OS2. The van der Waals surface area contributed by atoms with Crippen molar-refractivity contribution in [2.45, 2.75) is 5.75 Å². The smallest absolute Gasteiger partial charge is 0.236 e. The average molecular weight is 277 g/mol. The van der Waals surface area contributed by atoms with Gasteiger partial charge in [0.1, 0.15) is 0 Å². The summed E-state index contributed by atoms with van der Waals surface area (Å²) in [6.07, 6.45) is 0. The van der Waals surface area contributed by atoms with Crippen LogP contribution in [0, 0.1) is 0 Å². The number of hydrogen-bond donors (Lipinski definition) is 1. The minimum Gasteiger partial charge on any atom is -0.338 e. The van der Waals surface area contributed by atoms with Crippen molar-refractivity contribution in [3.63, 3.8) is 0 Å². The Bertz CT molecular complexity index is 412. The minimum atomic E-state index is 0.472. The molecule has 0 spiro atoms. The van der Waals surface area contributed by atoms with E-state index >= 15 is 0 Å². The molecule has 0 fully saturated rings. The fraction of sp³-hybridized carbons (Fsp3) is 0.143. The Morgan fingerprint density at radius 2 is 2.46 bits per heavy atom. The van der Waals surface area contributed by atoms with Crippen molar-refractivity contribution in [1.29, 1.82) is 0 Å². The average Bonchev–Trinajstić information content (AvgIpc) is 2.71. The van der Waals surface area contributed by atoms with E-state index in [9.17, 15) is 0 Å². The second-order valence-electron chi connectivity index (χ2n) is 2.30. The third kappa shape index (κ3) is 1.95. The number of rotatable bonds is 2. The van der Waals surface area contributed by atoms with E-state index in [0.717, 1.165) is 9.35 Å². The molecule has 0 aliphatic carbocycles. The van der Waals surface area contributed by atoms with Gasteiger partial charge in [0.2, 0.25) is 11.7 Å². The van der Waals surface area contributed by atoms with Gasteiger partial charge in [-0.15, -0.1) is 11.3 Å². The summed E-state index contributed by atoms with van der Waals surface area (Å²) in [7, 11) is 0. The fourth-order valence-corrected chi connectivity index (χ4v) is 2.33. The highest BCUT2D eigenvalue weighted by Crippen LogP contribution is 2.27. The SMILES string of the molecule is SCc1nc(-c2cc(Br)cs2)no1. The zero-order valence-electron chi connectivity index (χ0n) is 6.40. The van der Waals surface area contributed by atoms with Gasteiger partial charge in [-0.2, -0.15) is 17.6 Å². The van der Waals surface area contributed by atoms with E-state index in [2.05, 4.69) is 38.7 Å². The van der Waals surface area contributed by atoms with Gasteiger partial charge in [-0.25, -0.2) is 0 Å². The largest absolute Gasteiger partial charge is 0.338 e. The van der Waals surface area contributed by atoms with Crippen LogP contribution in [0.2, 0.25) is 0 Å². The Kier molecular flexibility index (Phi) is 2.71. The van der Waals surface area contributed by atoms with Gasteiger partial charge in [0.25, 0.3) is 0 Å². The van der Waals surface area contributed by atoms with E-state index in [-0.39, 0.29) is 0 Å². The van der Waals surface area contributed by atoms with Crippen molar-refractivity contribution in [2.75, 3.05) is 0 Å². The summed E-state index contributed by atoms with van der Waals surface area (Å²) < 4.78 is 5.96. The number of nitrogens with zero attached hydrogens (tertiary/aromatic N) is 2. The molecule has 0 atom stereocenters. The summed E-state index contributed by atoms with van der Waals surface area (Å²) in [6, 6.07) is 1.96. The Balaban J connectivity index is 2.35. The van der Waals surface area contributed by atoms with Gasteiger partial charge in [-0.05, 0) is 22.0 Å². The molecule has 2 heterocycles. The van der Waals surface area contributed by atoms with Gasteiger partial charge in [0.15, 0.2) is 0 Å². The summed E-state index contributed by atoms with van der Waals surface area (Å²) in [5.41, 5.74) is 0. The summed E-state index contributed by atoms with van der Waals surface area (Å²) >= 11 is 8.97. The first-order valence-electron chi connectivity index (χ1n) is 3.47. The molecular weight excluding hydrogens is 272 g/mol. The normalized spacial score (nSPS) is 10.6. The first-order chi connectivity index (χ1) is 6.29. The van der Waals surface area contributed by atoms with Crippen LogP contribution < -0.4 is 0 Å². The van der Waals surface area contributed by atoms with Gasteiger partial charge in [-0.3, -0.25) is 0 Å². The van der Waals surface area contributed by atoms with Crippen LogP contribution in [-0.2, 0) is 5.75 Å². The van der Waals surface area contributed by atoms with E-state index in [4.69, 9.17) is 4.52 Å². The zero-order valence-corrected chi connectivity index (χ0v) is 9.69. The van der Waals surface area contributed by atoms with Gasteiger partial charge < -0.3 is 4.52 Å². The van der Waals surface area contributed by atoms with Crippen LogP contribution in [-0.4, -0.2) is 10.1 Å². The number of hydrogen-bond acceptors (Lipinski definition) is 5. The molecule has 0 N–H and O–H groups in total. The maximum atomic E-state index is 4.93. The van der Waals surface area contributed by atoms with Crippen LogP contribution in [0.5, 0.6) is 0 Å². The maximum absolute atomic E-state index is 4.93. The topological polar surface area (TPSA) is 38.9 Å². The quantitative estimate of drug-likeness (QED) is 0.858. The molecule has 0 amide bonds. The second kappa shape index (κ2) is 3.81. The Morgan fingerprint density at radius 3 is 3.00 bits per heavy atom. The van der Waals surface area contributed by atoms with Gasteiger partial charge in [0, 0.05) is 9.85 Å². The maximum Gasteiger partial charge on any atom is 0.236 e. The van der Waals surface area contributed by atoms with Crippen LogP contribution in [0.25, 0.3) is 10.7 Å². The Hall–Kier alpha value is -0.330. The highest BCUT2D eigenvalue weighted by molar-refractivity contribution is 9.10. The van der Waals surface area contributed by atoms with E-state index in [1.165, 1.54) is 0 Å². The molecule has 0 aliphatic heterocycles. The predicted octanol–water partition coefficient (Wildman–Crippen LogP) is 2.99. The molecule has 2 rings (SSSR count). The lowest BCUT2D eigenvalue weighted by Crippen LogP contribution is -1.76. The molecule has 0 saturated heterocycles. The second-order valence-corrected chi connectivity index (χ2v) is 4.44. The van der Waals surface area contributed by atoms with Crippen LogP contribution in [0.1, 0.15) is 5.89 Å². The zero-order chi connectivity index (χ0) is 9.26. The lowest BCUT2D eigenvalue weighted by molar-refractivity contribution is 0.392. The lowest BCUT2D eigenvalue weighted by atomic mass is 10.4. The van der Waals surface area contributed by atoms with E-state index in [0.29, 0.717) is 17.5 Å². The first kappa shape index (κ1) is 9.23. The summed E-state index contributed by atoms with van der Waals surface area (Å²) in [4.78, 5) is 5.14. The third-order valence-corrected chi connectivity index (χ3v) is 3.35. The van der Waals surface area contributed by atoms with Crippen molar-refractivity contribution in [3.8, 4) is 10.7 Å². The standard InChI is InChI=1S/C7H5BrN2OS2/c8-4-1-5(13-3-4)7-9-6(2-12)11-10-7/h1,3,12H,2H2. The lowest BCUT2D eigenvalue weighted by Gasteiger charge is -1.81. The highest BCUT2D eigenvalue weighted by atomic mass is 79.9. The number of thiophene rings is 1. The van der Waals surface area contributed by atoms with Crippen molar-refractivity contribution < 1.29 is 4.52 Å². The van der Waals surface area contributed by atoms with Gasteiger partial charge in [-0.1, -0.05) is 5.16 Å². The van der Waals surface area contributed by atoms with Crippen molar-refractivity contribution in [3.05, 3.63) is 21.8 Å². The first-order valence-corrected chi connectivity index (χ1v) is 5.78. The molecule has 0 bridgehead atoms. The van der Waals surface area contributed by atoms with Crippen LogP contribution in [0.4, 0.5) is 0 Å². The number of halogens is 1. The molecule has 0 radical (unpaired) electrons. The van der Waals surface area contributed by atoms with E-state index < -0.39 is 0 Å². The van der Waals surface area contributed by atoms with Crippen molar-refractivity contribution >= 4 is 39.9 Å². The fourth-order valence-electron chi connectivity index (χ4n) is 0.849. The van der Waals surface area contributed by atoms with Crippen LogP contribution >= 0.6 is 39.9 Å². The number of aromatic nitrogens is 2. The van der Waals surface area contributed by atoms with Crippen molar-refractivity contribution in [1.82, 2.24) is 10.1 Å². The van der Waals surface area contributed by atoms with Crippen LogP contribution in [0.15, 0.2) is 20.4 Å². The Morgan fingerprint density at radius 1 is 1.62 bits per heavy atom. The monoisotopic (exact) mass is 276 g/mol. The molecule has 0 aliphatic rings. The number of thiol groups is 1. The molecule has 2 aromatic rings. The van der Waals surface area contributed by atoms with Crippen LogP contribution in [0.3, 0.4) is 0 Å². The molecule has 6 heteroatoms. The highest BCUT2D eigenvalue weighted by Gasteiger charge is 2.08. The van der Waals surface area contributed by atoms with E-state index in [1.807, 2.05) is 11.4 Å². The molecule has 0 unspecified atom stereocenters. The predicted molar refractivity (Wildman–Crippen MR) is 58.0 cm³/mol. The molecule has 3 nitrogen and oxygen atoms in total. The summed E-state index contributed by atoms with van der Waals surface area (Å²) in [5.74, 6) is 1.64. The molecule has 0 aromatic carbocycles. The van der Waals surface area contributed by atoms with Gasteiger partial charge in [0.05, 0.1) is 10.6 Å². The van der Waals surface area contributed by atoms with Gasteiger partial charge >= 0.3 is 0 Å². The molecule has 13 heavy (non-hydrogen) atoms.